The van der Waals surface area contributed by atoms with Gasteiger partial charge >= 0.3 is 0 Å². The lowest BCUT2D eigenvalue weighted by Crippen LogP contribution is -2.25. The van der Waals surface area contributed by atoms with Crippen LogP contribution < -0.4 is 5.32 Å². The van der Waals surface area contributed by atoms with Crippen molar-refractivity contribution in [1.82, 2.24) is 5.32 Å². The van der Waals surface area contributed by atoms with Crippen LogP contribution >= 0.6 is 0 Å². The van der Waals surface area contributed by atoms with Crippen molar-refractivity contribution >= 4 is 0 Å². The van der Waals surface area contributed by atoms with Crippen LogP contribution in [0.15, 0.2) is 18.2 Å². The normalized spacial score (nSPS) is 26.1. The Labute approximate surface area is 102 Å². The Balaban J connectivity index is 2.22. The zero-order valence-electron chi connectivity index (χ0n) is 10.7. The maximum absolute atomic E-state index is 13.4. The summed E-state index contributed by atoms with van der Waals surface area (Å²) in [6, 6.07) is 5.41. The highest BCUT2D eigenvalue weighted by atomic mass is 19.1. The molecule has 0 amide bonds. The number of benzene rings is 1. The van der Waals surface area contributed by atoms with Gasteiger partial charge in [-0.25, -0.2) is 4.39 Å². The molecular weight excluding hydrogens is 217 g/mol. The molecule has 1 aliphatic rings. The molecule has 1 N–H and O–H groups in total. The predicted octanol–water partition coefficient (Wildman–Crippen LogP) is 2.82. The van der Waals surface area contributed by atoms with Gasteiger partial charge in [-0.3, -0.25) is 0 Å². The van der Waals surface area contributed by atoms with Crippen molar-refractivity contribution in [3.8, 4) is 0 Å². The first kappa shape index (κ1) is 12.5. The first-order valence-electron chi connectivity index (χ1n) is 6.16. The molecule has 1 aromatic rings. The van der Waals surface area contributed by atoms with Crippen molar-refractivity contribution in [3.05, 3.63) is 35.1 Å². The van der Waals surface area contributed by atoms with Crippen LogP contribution in [-0.2, 0) is 4.74 Å². The van der Waals surface area contributed by atoms with E-state index in [0.717, 1.165) is 24.2 Å². The third kappa shape index (κ3) is 2.85. The number of aryl methyl sites for hydroxylation is 1. The highest BCUT2D eigenvalue weighted by Gasteiger charge is 2.29. The lowest BCUT2D eigenvalue weighted by molar-refractivity contribution is 0.117. The SMILES string of the molecule is CNC(c1cc(C)cc(F)c1)C1COC(C)C1. The Morgan fingerprint density at radius 3 is 2.71 bits per heavy atom. The second kappa shape index (κ2) is 5.15. The van der Waals surface area contributed by atoms with E-state index in [2.05, 4.69) is 12.2 Å². The average Bonchev–Trinajstić information content (AvgIpc) is 2.64. The van der Waals surface area contributed by atoms with Crippen LogP contribution in [0.1, 0.15) is 30.5 Å². The number of hydrogen-bond donors (Lipinski definition) is 1. The Morgan fingerprint density at radius 2 is 2.18 bits per heavy atom. The molecule has 1 aromatic carbocycles. The molecule has 3 heteroatoms. The maximum atomic E-state index is 13.4. The highest BCUT2D eigenvalue weighted by Crippen LogP contribution is 2.32. The zero-order valence-corrected chi connectivity index (χ0v) is 10.7. The molecule has 2 rings (SSSR count). The summed E-state index contributed by atoms with van der Waals surface area (Å²) in [7, 11) is 1.92. The van der Waals surface area contributed by atoms with E-state index >= 15 is 0 Å². The Kier molecular flexibility index (Phi) is 3.79. The minimum atomic E-state index is -0.160. The van der Waals surface area contributed by atoms with Crippen LogP contribution in [0.3, 0.4) is 0 Å². The minimum Gasteiger partial charge on any atom is -0.378 e. The molecule has 1 aliphatic heterocycles. The van der Waals surface area contributed by atoms with Crippen LogP contribution in [0.4, 0.5) is 4.39 Å². The minimum absolute atomic E-state index is 0.160. The van der Waals surface area contributed by atoms with Gasteiger partial charge in [0.25, 0.3) is 0 Å². The predicted molar refractivity (Wildman–Crippen MR) is 66.5 cm³/mol. The fourth-order valence-corrected chi connectivity index (χ4v) is 2.70. The molecule has 0 aromatic heterocycles. The van der Waals surface area contributed by atoms with Gasteiger partial charge in [0.1, 0.15) is 5.82 Å². The molecule has 0 saturated carbocycles. The van der Waals surface area contributed by atoms with E-state index in [1.807, 2.05) is 20.0 Å². The Morgan fingerprint density at radius 1 is 1.41 bits per heavy atom. The summed E-state index contributed by atoms with van der Waals surface area (Å²) >= 11 is 0. The molecule has 17 heavy (non-hydrogen) atoms. The summed E-state index contributed by atoms with van der Waals surface area (Å²) < 4.78 is 19.0. The molecule has 1 saturated heterocycles. The second-order valence-corrected chi connectivity index (χ2v) is 4.97. The Bertz CT molecular complexity index is 374. The molecule has 2 nitrogen and oxygen atoms in total. The topological polar surface area (TPSA) is 21.3 Å². The smallest absolute Gasteiger partial charge is 0.123 e. The van der Waals surface area contributed by atoms with Gasteiger partial charge in [0.2, 0.25) is 0 Å². The summed E-state index contributed by atoms with van der Waals surface area (Å²) in [6.07, 6.45) is 1.34. The number of hydrogen-bond acceptors (Lipinski definition) is 2. The van der Waals surface area contributed by atoms with Gasteiger partial charge in [-0.05, 0) is 50.6 Å². The van der Waals surface area contributed by atoms with E-state index in [0.29, 0.717) is 12.0 Å². The van der Waals surface area contributed by atoms with E-state index in [4.69, 9.17) is 4.74 Å². The van der Waals surface area contributed by atoms with Crippen molar-refractivity contribution in [1.29, 1.82) is 0 Å². The fourth-order valence-electron chi connectivity index (χ4n) is 2.70. The summed E-state index contributed by atoms with van der Waals surface area (Å²) in [6.45, 7) is 4.76. The molecule has 1 fully saturated rings. The molecule has 0 spiro atoms. The monoisotopic (exact) mass is 237 g/mol. The van der Waals surface area contributed by atoms with E-state index in [9.17, 15) is 4.39 Å². The quantitative estimate of drug-likeness (QED) is 0.872. The third-order valence-corrected chi connectivity index (χ3v) is 3.44. The fraction of sp³-hybridized carbons (Fsp3) is 0.571. The van der Waals surface area contributed by atoms with Gasteiger partial charge in [-0.1, -0.05) is 6.07 Å². The number of halogens is 1. The van der Waals surface area contributed by atoms with E-state index in [-0.39, 0.29) is 11.9 Å². The number of rotatable bonds is 3. The zero-order chi connectivity index (χ0) is 12.4. The van der Waals surface area contributed by atoms with Gasteiger partial charge in [0.15, 0.2) is 0 Å². The lowest BCUT2D eigenvalue weighted by atomic mass is 9.90. The van der Waals surface area contributed by atoms with Crippen LogP contribution in [0.5, 0.6) is 0 Å². The summed E-state index contributed by atoms with van der Waals surface area (Å²) in [5.41, 5.74) is 1.99. The van der Waals surface area contributed by atoms with Crippen LogP contribution in [0.25, 0.3) is 0 Å². The van der Waals surface area contributed by atoms with Crippen molar-refractivity contribution in [2.75, 3.05) is 13.7 Å². The van der Waals surface area contributed by atoms with Crippen molar-refractivity contribution in [3.63, 3.8) is 0 Å². The van der Waals surface area contributed by atoms with Crippen molar-refractivity contribution < 1.29 is 9.13 Å². The van der Waals surface area contributed by atoms with Crippen molar-refractivity contribution in [2.45, 2.75) is 32.4 Å². The average molecular weight is 237 g/mol. The molecule has 3 unspecified atom stereocenters. The summed E-state index contributed by atoms with van der Waals surface area (Å²) in [5.74, 6) is 0.267. The molecule has 0 aliphatic carbocycles. The first-order valence-corrected chi connectivity index (χ1v) is 6.16. The number of nitrogens with one attached hydrogen (secondary N) is 1. The Hall–Kier alpha value is -0.930. The highest BCUT2D eigenvalue weighted by molar-refractivity contribution is 5.27. The van der Waals surface area contributed by atoms with Gasteiger partial charge in [0.05, 0.1) is 12.7 Å². The second-order valence-electron chi connectivity index (χ2n) is 4.97. The lowest BCUT2D eigenvalue weighted by Gasteiger charge is -2.23. The molecule has 0 bridgehead atoms. The first-order chi connectivity index (χ1) is 8.10. The largest absolute Gasteiger partial charge is 0.378 e. The standard InChI is InChI=1S/C14H20FNO/c1-9-4-11(7-13(15)5-9)14(16-3)12-6-10(2)17-8-12/h4-5,7,10,12,14,16H,6,8H2,1-3H3. The molecule has 3 atom stereocenters. The van der Waals surface area contributed by atoms with Gasteiger partial charge in [-0.15, -0.1) is 0 Å². The van der Waals surface area contributed by atoms with E-state index in [1.165, 1.54) is 0 Å². The molecule has 1 heterocycles. The maximum Gasteiger partial charge on any atom is 0.123 e. The van der Waals surface area contributed by atoms with Crippen LogP contribution in [0.2, 0.25) is 0 Å². The van der Waals surface area contributed by atoms with Crippen LogP contribution in [-0.4, -0.2) is 19.8 Å². The summed E-state index contributed by atoms with van der Waals surface area (Å²) in [5, 5.41) is 3.29. The molecular formula is C14H20FNO. The van der Waals surface area contributed by atoms with Gasteiger partial charge < -0.3 is 10.1 Å². The van der Waals surface area contributed by atoms with Crippen molar-refractivity contribution in [2.24, 2.45) is 5.92 Å². The van der Waals surface area contributed by atoms with E-state index < -0.39 is 0 Å². The molecule has 94 valence electrons. The summed E-state index contributed by atoms with van der Waals surface area (Å²) in [4.78, 5) is 0. The molecule has 0 radical (unpaired) electrons. The van der Waals surface area contributed by atoms with Crippen LogP contribution in [0, 0.1) is 18.7 Å². The third-order valence-electron chi connectivity index (χ3n) is 3.44. The number of ether oxygens (including phenoxy) is 1. The van der Waals surface area contributed by atoms with E-state index in [1.54, 1.807) is 12.1 Å². The van der Waals surface area contributed by atoms with Gasteiger partial charge in [0, 0.05) is 12.0 Å². The van der Waals surface area contributed by atoms with Gasteiger partial charge in [-0.2, -0.15) is 0 Å².